The van der Waals surface area contributed by atoms with Gasteiger partial charge in [0.15, 0.2) is 0 Å². The number of hydrogen-bond acceptors (Lipinski definition) is 8. The molecule has 2 aliphatic rings. The number of nitrogens with one attached hydrogen (secondary N) is 4. The molecule has 0 unspecified atom stereocenters. The maximum Gasteiger partial charge on any atom is 0.253 e. The number of pyridine rings is 2. The fourth-order valence-corrected chi connectivity index (χ4v) is 4.97. The molecule has 216 valence electrons. The summed E-state index contributed by atoms with van der Waals surface area (Å²) in [6.07, 6.45) is 7.39. The third-order valence-electron chi connectivity index (χ3n) is 7.49. The van der Waals surface area contributed by atoms with E-state index in [1.165, 1.54) is 6.20 Å². The summed E-state index contributed by atoms with van der Waals surface area (Å²) in [5.41, 5.74) is 2.90. The fraction of sp³-hybridized carbons (Fsp3) is 0.419. The van der Waals surface area contributed by atoms with Crippen LogP contribution in [0, 0.1) is 11.8 Å². The van der Waals surface area contributed by atoms with Crippen LogP contribution < -0.4 is 26.0 Å². The van der Waals surface area contributed by atoms with Crippen LogP contribution in [0.25, 0.3) is 0 Å². The Morgan fingerprint density at radius 3 is 2.24 bits per heavy atom. The third kappa shape index (κ3) is 8.81. The molecule has 1 aromatic carbocycles. The minimum Gasteiger partial charge on any atom is -0.493 e. The highest BCUT2D eigenvalue weighted by molar-refractivity contribution is 5.95. The van der Waals surface area contributed by atoms with Crippen molar-refractivity contribution in [2.75, 3.05) is 59.0 Å². The van der Waals surface area contributed by atoms with Crippen LogP contribution in [0.5, 0.6) is 5.75 Å². The highest BCUT2D eigenvalue weighted by atomic mass is 16.5. The van der Waals surface area contributed by atoms with Gasteiger partial charge in [-0.25, -0.2) is 0 Å². The van der Waals surface area contributed by atoms with Crippen LogP contribution in [0.3, 0.4) is 0 Å². The van der Waals surface area contributed by atoms with Crippen molar-refractivity contribution in [3.63, 3.8) is 0 Å². The minimum absolute atomic E-state index is 0.153. The van der Waals surface area contributed by atoms with Crippen LogP contribution >= 0.6 is 0 Å². The van der Waals surface area contributed by atoms with Crippen molar-refractivity contribution in [3.05, 3.63) is 89.5 Å². The molecule has 2 fully saturated rings. The lowest BCUT2D eigenvalue weighted by Crippen LogP contribution is -2.53. The number of carbonyl (C=O) groups excluding carboxylic acids is 2. The molecule has 3 aromatic rings. The molecule has 0 aliphatic carbocycles. The van der Waals surface area contributed by atoms with Gasteiger partial charge in [0.05, 0.1) is 12.2 Å². The molecule has 5 rings (SSSR count). The lowest BCUT2D eigenvalue weighted by Gasteiger charge is -2.37. The molecule has 2 aliphatic heterocycles. The van der Waals surface area contributed by atoms with Crippen LogP contribution in [-0.2, 0) is 13.0 Å². The van der Waals surface area contributed by atoms with Gasteiger partial charge < -0.3 is 30.9 Å². The van der Waals surface area contributed by atoms with Crippen LogP contribution in [0.15, 0.2) is 67.3 Å². The quantitative estimate of drug-likeness (QED) is 0.222. The summed E-state index contributed by atoms with van der Waals surface area (Å²) in [7, 11) is 0. The minimum atomic E-state index is -0.225. The number of ether oxygens (including phenoxy) is 1. The highest BCUT2D eigenvalue weighted by Crippen LogP contribution is 2.19. The largest absolute Gasteiger partial charge is 0.493 e. The third-order valence-corrected chi connectivity index (χ3v) is 7.49. The number of nitrogens with zero attached hydrogens (tertiary/aromatic N) is 3. The number of carbonyl (C=O) groups is 2. The van der Waals surface area contributed by atoms with E-state index in [4.69, 9.17) is 4.74 Å². The molecule has 2 saturated heterocycles. The van der Waals surface area contributed by atoms with Gasteiger partial charge in [-0.15, -0.1) is 0 Å². The van der Waals surface area contributed by atoms with E-state index in [2.05, 4.69) is 36.1 Å². The maximum absolute atomic E-state index is 13.3. The molecule has 0 saturated carbocycles. The first kappa shape index (κ1) is 28.7. The van der Waals surface area contributed by atoms with Crippen LogP contribution in [0.1, 0.15) is 31.8 Å². The first-order valence-corrected chi connectivity index (χ1v) is 14.4. The summed E-state index contributed by atoms with van der Waals surface area (Å²) < 4.78 is 6.06. The van der Waals surface area contributed by atoms with Gasteiger partial charge in [-0.2, -0.15) is 0 Å². The Kier molecular flexibility index (Phi) is 10.3. The van der Waals surface area contributed by atoms with E-state index in [0.717, 1.165) is 63.4 Å². The first-order valence-electron chi connectivity index (χ1n) is 14.4. The summed E-state index contributed by atoms with van der Waals surface area (Å²) in [6, 6.07) is 12.8. The first-order chi connectivity index (χ1) is 20.1. The van der Waals surface area contributed by atoms with E-state index in [9.17, 15) is 9.59 Å². The van der Waals surface area contributed by atoms with E-state index >= 15 is 0 Å². The standard InChI is InChI=1S/C31H39N7O3/c39-30(27-2-1-6-33-20-27)37-19-24-12-28(14-29(13-24)41-11-5-23-3-7-32-8-4-23)31(40)36-9-10-38(21-25-15-34-16-25)22-26-17-35-18-26/h1-4,6-8,12-14,20,25-26,34-35H,5,9-11,15-19,21-22H2,(H,36,40)(H,37,39). The average Bonchev–Trinajstić information content (AvgIpc) is 2.96. The van der Waals surface area contributed by atoms with Crippen molar-refractivity contribution in [2.45, 2.75) is 13.0 Å². The fourth-order valence-electron chi connectivity index (χ4n) is 4.97. The molecule has 10 nitrogen and oxygen atoms in total. The number of hydrogen-bond donors (Lipinski definition) is 4. The van der Waals surface area contributed by atoms with Gasteiger partial charge in [-0.1, -0.05) is 0 Å². The Bertz CT molecular complexity index is 1250. The normalized spacial score (nSPS) is 15.1. The zero-order valence-electron chi connectivity index (χ0n) is 23.4. The molecule has 0 atom stereocenters. The van der Waals surface area contributed by atoms with E-state index in [1.54, 1.807) is 36.8 Å². The Balaban J connectivity index is 1.20. The zero-order chi connectivity index (χ0) is 28.3. The highest BCUT2D eigenvalue weighted by Gasteiger charge is 2.24. The van der Waals surface area contributed by atoms with Crippen LogP contribution in [0.2, 0.25) is 0 Å². The summed E-state index contributed by atoms with van der Waals surface area (Å²) >= 11 is 0. The lowest BCUT2D eigenvalue weighted by atomic mass is 9.99. The molecule has 0 bridgehead atoms. The average molecular weight is 558 g/mol. The van der Waals surface area contributed by atoms with Gasteiger partial charge in [0.1, 0.15) is 5.75 Å². The van der Waals surface area contributed by atoms with Crippen LogP contribution in [0.4, 0.5) is 0 Å². The molecule has 41 heavy (non-hydrogen) atoms. The van der Waals surface area contributed by atoms with Crippen molar-refractivity contribution in [1.29, 1.82) is 0 Å². The Hall–Kier alpha value is -3.86. The van der Waals surface area contributed by atoms with Gasteiger partial charge in [0.25, 0.3) is 11.8 Å². The number of rotatable bonds is 15. The summed E-state index contributed by atoms with van der Waals surface area (Å²) in [6.45, 7) is 8.49. The van der Waals surface area contributed by atoms with E-state index < -0.39 is 0 Å². The van der Waals surface area contributed by atoms with E-state index in [-0.39, 0.29) is 18.4 Å². The summed E-state index contributed by atoms with van der Waals surface area (Å²) in [5.74, 6) is 1.58. The zero-order valence-corrected chi connectivity index (χ0v) is 23.4. The lowest BCUT2D eigenvalue weighted by molar-refractivity contribution is 0.0937. The van der Waals surface area contributed by atoms with Gasteiger partial charge in [0, 0.05) is 95.7 Å². The molecular formula is C31H39N7O3. The Morgan fingerprint density at radius 2 is 1.59 bits per heavy atom. The van der Waals surface area contributed by atoms with Gasteiger partial charge >= 0.3 is 0 Å². The van der Waals surface area contributed by atoms with E-state index in [1.807, 2.05) is 24.3 Å². The number of amides is 2. The van der Waals surface area contributed by atoms with Gasteiger partial charge in [-0.3, -0.25) is 19.6 Å². The monoisotopic (exact) mass is 557 g/mol. The summed E-state index contributed by atoms with van der Waals surface area (Å²) in [4.78, 5) is 36.4. The van der Waals surface area contributed by atoms with Gasteiger partial charge in [-0.05, 0) is 65.4 Å². The molecule has 4 N–H and O–H groups in total. The SMILES string of the molecule is O=C(NCCN(CC1CNC1)CC1CNC1)c1cc(CNC(=O)c2cccnc2)cc(OCCc2ccncc2)c1. The van der Waals surface area contributed by atoms with Crippen molar-refractivity contribution in [3.8, 4) is 5.75 Å². The second kappa shape index (κ2) is 14.7. The molecule has 4 heterocycles. The van der Waals surface area contributed by atoms with Crippen molar-refractivity contribution < 1.29 is 14.3 Å². The molecule has 0 spiro atoms. The number of aromatic nitrogens is 2. The maximum atomic E-state index is 13.3. The molecular weight excluding hydrogens is 518 g/mol. The summed E-state index contributed by atoms with van der Waals surface area (Å²) in [5, 5.41) is 12.7. The Morgan fingerprint density at radius 1 is 0.854 bits per heavy atom. The predicted octanol–water partition coefficient (Wildman–Crippen LogP) is 1.50. The van der Waals surface area contributed by atoms with Crippen LogP contribution in [-0.4, -0.2) is 85.6 Å². The molecule has 0 radical (unpaired) electrons. The van der Waals surface area contributed by atoms with Gasteiger partial charge in [0.2, 0.25) is 0 Å². The van der Waals surface area contributed by atoms with Crippen molar-refractivity contribution >= 4 is 11.8 Å². The predicted molar refractivity (Wildman–Crippen MR) is 157 cm³/mol. The van der Waals surface area contributed by atoms with Crippen molar-refractivity contribution in [1.82, 2.24) is 36.1 Å². The van der Waals surface area contributed by atoms with E-state index in [0.29, 0.717) is 41.9 Å². The smallest absolute Gasteiger partial charge is 0.253 e. The second-order valence-corrected chi connectivity index (χ2v) is 10.8. The Labute approximate surface area is 241 Å². The molecule has 10 heteroatoms. The topological polar surface area (TPSA) is 121 Å². The molecule has 2 aromatic heterocycles. The molecule has 2 amide bonds. The second-order valence-electron chi connectivity index (χ2n) is 10.8. The van der Waals surface area contributed by atoms with Crippen molar-refractivity contribution in [2.24, 2.45) is 11.8 Å². The number of benzene rings is 1.